The maximum absolute atomic E-state index is 6.03. The van der Waals surface area contributed by atoms with Crippen LogP contribution in [0.4, 0.5) is 0 Å². The van der Waals surface area contributed by atoms with Gasteiger partial charge in [0.15, 0.2) is 0 Å². The molecular formula is C14H30N2O. The van der Waals surface area contributed by atoms with E-state index in [1.165, 1.54) is 25.7 Å². The first-order chi connectivity index (χ1) is 8.12. The summed E-state index contributed by atoms with van der Waals surface area (Å²) in [6.45, 7) is 10.5. The summed E-state index contributed by atoms with van der Waals surface area (Å²) in [6, 6.07) is 0. The highest BCUT2D eigenvalue weighted by Crippen LogP contribution is 2.24. The molecule has 1 aliphatic rings. The van der Waals surface area contributed by atoms with Gasteiger partial charge in [0.05, 0.1) is 6.10 Å². The van der Waals surface area contributed by atoms with Crippen molar-refractivity contribution in [1.82, 2.24) is 4.90 Å². The molecule has 0 radical (unpaired) electrons. The van der Waals surface area contributed by atoms with Crippen molar-refractivity contribution in [1.29, 1.82) is 0 Å². The van der Waals surface area contributed by atoms with E-state index in [1.807, 2.05) is 0 Å². The van der Waals surface area contributed by atoms with Crippen LogP contribution in [0.2, 0.25) is 0 Å². The summed E-state index contributed by atoms with van der Waals surface area (Å²) >= 11 is 0. The molecular weight excluding hydrogens is 212 g/mol. The fourth-order valence-corrected chi connectivity index (χ4v) is 2.63. The minimum absolute atomic E-state index is 0.164. The molecule has 17 heavy (non-hydrogen) atoms. The monoisotopic (exact) mass is 242 g/mol. The van der Waals surface area contributed by atoms with Gasteiger partial charge < -0.3 is 10.5 Å². The molecule has 0 aliphatic carbocycles. The predicted molar refractivity (Wildman–Crippen MR) is 73.2 cm³/mol. The Kier molecular flexibility index (Phi) is 6.45. The van der Waals surface area contributed by atoms with Gasteiger partial charge >= 0.3 is 0 Å². The van der Waals surface area contributed by atoms with Crippen LogP contribution >= 0.6 is 0 Å². The van der Waals surface area contributed by atoms with Crippen LogP contribution in [0, 0.1) is 0 Å². The Balaban J connectivity index is 2.55. The Morgan fingerprint density at radius 1 is 1.41 bits per heavy atom. The topological polar surface area (TPSA) is 38.5 Å². The average molecular weight is 242 g/mol. The third kappa shape index (κ3) is 4.57. The van der Waals surface area contributed by atoms with E-state index in [1.54, 1.807) is 0 Å². The molecule has 3 nitrogen and oxygen atoms in total. The van der Waals surface area contributed by atoms with Crippen LogP contribution in [-0.4, -0.2) is 42.8 Å². The number of hydrogen-bond donors (Lipinski definition) is 1. The van der Waals surface area contributed by atoms with Crippen molar-refractivity contribution in [2.45, 2.75) is 64.5 Å². The van der Waals surface area contributed by atoms with E-state index in [-0.39, 0.29) is 5.54 Å². The van der Waals surface area contributed by atoms with E-state index in [2.05, 4.69) is 25.7 Å². The van der Waals surface area contributed by atoms with Crippen molar-refractivity contribution in [3.63, 3.8) is 0 Å². The van der Waals surface area contributed by atoms with Crippen LogP contribution in [0.25, 0.3) is 0 Å². The second kappa shape index (κ2) is 7.34. The maximum Gasteiger partial charge on any atom is 0.0674 e. The first-order valence-electron chi connectivity index (χ1n) is 7.19. The molecule has 102 valence electrons. The van der Waals surface area contributed by atoms with Crippen LogP contribution in [0.5, 0.6) is 0 Å². The summed E-state index contributed by atoms with van der Waals surface area (Å²) in [6.07, 6.45) is 6.57. The summed E-state index contributed by atoms with van der Waals surface area (Å²) < 4.78 is 5.72. The zero-order valence-corrected chi connectivity index (χ0v) is 11.9. The highest BCUT2D eigenvalue weighted by atomic mass is 16.5. The highest BCUT2D eigenvalue weighted by Gasteiger charge is 2.31. The molecule has 2 N–H and O–H groups in total. The van der Waals surface area contributed by atoms with Gasteiger partial charge in [-0.25, -0.2) is 0 Å². The Morgan fingerprint density at radius 3 is 2.82 bits per heavy atom. The van der Waals surface area contributed by atoms with Crippen LogP contribution in [-0.2, 0) is 4.74 Å². The Hall–Kier alpha value is -0.120. The van der Waals surface area contributed by atoms with Crippen molar-refractivity contribution < 1.29 is 4.74 Å². The predicted octanol–water partition coefficient (Wildman–Crippen LogP) is 2.39. The van der Waals surface area contributed by atoms with Gasteiger partial charge in [-0.2, -0.15) is 0 Å². The molecule has 0 saturated carbocycles. The number of nitrogens with two attached hydrogens (primary N) is 1. The van der Waals surface area contributed by atoms with Gasteiger partial charge in [0.1, 0.15) is 0 Å². The largest absolute Gasteiger partial charge is 0.377 e. The summed E-state index contributed by atoms with van der Waals surface area (Å²) in [4.78, 5) is 2.56. The van der Waals surface area contributed by atoms with Crippen LogP contribution in [0.1, 0.15) is 52.9 Å². The summed E-state index contributed by atoms with van der Waals surface area (Å²) in [7, 11) is 0. The number of nitrogens with zero attached hydrogens (tertiary/aromatic N) is 1. The van der Waals surface area contributed by atoms with Gasteiger partial charge in [-0.15, -0.1) is 0 Å². The Bertz CT molecular complexity index is 210. The van der Waals surface area contributed by atoms with Crippen LogP contribution < -0.4 is 5.73 Å². The minimum Gasteiger partial charge on any atom is -0.377 e. The molecule has 0 aromatic carbocycles. The van der Waals surface area contributed by atoms with E-state index in [9.17, 15) is 0 Å². The maximum atomic E-state index is 6.03. The molecule has 3 heteroatoms. The molecule has 0 bridgehead atoms. The summed E-state index contributed by atoms with van der Waals surface area (Å²) in [5.41, 5.74) is 6.20. The first-order valence-corrected chi connectivity index (χ1v) is 7.19. The van der Waals surface area contributed by atoms with Gasteiger partial charge in [-0.05, 0) is 26.7 Å². The van der Waals surface area contributed by atoms with Gasteiger partial charge in [0, 0.05) is 31.8 Å². The number of hydrogen-bond acceptors (Lipinski definition) is 3. The first kappa shape index (κ1) is 14.9. The van der Waals surface area contributed by atoms with Crippen molar-refractivity contribution in [2.24, 2.45) is 5.73 Å². The number of ether oxygens (including phenoxy) is 1. The molecule has 0 aromatic heterocycles. The van der Waals surface area contributed by atoms with Crippen molar-refractivity contribution in [3.05, 3.63) is 0 Å². The SMILES string of the molecule is CCCCCC(C)(CN)N1CCCOC(C)C1. The van der Waals surface area contributed by atoms with Gasteiger partial charge in [0.25, 0.3) is 0 Å². The third-order valence-electron chi connectivity index (χ3n) is 3.97. The second-order valence-electron chi connectivity index (χ2n) is 5.64. The lowest BCUT2D eigenvalue weighted by Gasteiger charge is -2.41. The molecule has 1 rings (SSSR count). The molecule has 1 heterocycles. The van der Waals surface area contributed by atoms with Crippen LogP contribution in [0.15, 0.2) is 0 Å². The number of unbranched alkanes of at least 4 members (excludes halogenated alkanes) is 2. The Labute approximate surface area is 107 Å². The zero-order valence-electron chi connectivity index (χ0n) is 11.9. The van der Waals surface area contributed by atoms with E-state index >= 15 is 0 Å². The van der Waals surface area contributed by atoms with E-state index in [0.717, 1.165) is 32.7 Å². The highest BCUT2D eigenvalue weighted by molar-refractivity contribution is 4.89. The molecule has 0 amide bonds. The van der Waals surface area contributed by atoms with Gasteiger partial charge in [-0.3, -0.25) is 4.90 Å². The zero-order chi connectivity index (χ0) is 12.7. The summed E-state index contributed by atoms with van der Waals surface area (Å²) in [5.74, 6) is 0. The lowest BCUT2D eigenvalue weighted by Crippen LogP contribution is -2.53. The van der Waals surface area contributed by atoms with Gasteiger partial charge in [0.2, 0.25) is 0 Å². The minimum atomic E-state index is 0.164. The molecule has 1 saturated heterocycles. The molecule has 1 fully saturated rings. The fourth-order valence-electron chi connectivity index (χ4n) is 2.63. The molecule has 2 unspecified atom stereocenters. The van der Waals surface area contributed by atoms with Crippen molar-refractivity contribution in [3.8, 4) is 0 Å². The van der Waals surface area contributed by atoms with E-state index in [0.29, 0.717) is 6.10 Å². The molecule has 2 atom stereocenters. The van der Waals surface area contributed by atoms with Crippen molar-refractivity contribution in [2.75, 3.05) is 26.2 Å². The smallest absolute Gasteiger partial charge is 0.0674 e. The number of rotatable bonds is 6. The lowest BCUT2D eigenvalue weighted by atomic mass is 9.91. The summed E-state index contributed by atoms with van der Waals surface area (Å²) in [5, 5.41) is 0. The standard InChI is InChI=1S/C14H30N2O/c1-4-5-6-8-14(3,12-15)16-9-7-10-17-13(2)11-16/h13H,4-12,15H2,1-3H3. The third-order valence-corrected chi connectivity index (χ3v) is 3.97. The van der Waals surface area contributed by atoms with Gasteiger partial charge in [-0.1, -0.05) is 26.2 Å². The lowest BCUT2D eigenvalue weighted by molar-refractivity contribution is 0.0395. The quantitative estimate of drug-likeness (QED) is 0.727. The van der Waals surface area contributed by atoms with Crippen LogP contribution in [0.3, 0.4) is 0 Å². The fraction of sp³-hybridized carbons (Fsp3) is 1.00. The molecule has 0 aromatic rings. The molecule has 0 spiro atoms. The van der Waals surface area contributed by atoms with E-state index < -0.39 is 0 Å². The van der Waals surface area contributed by atoms with Crippen molar-refractivity contribution >= 4 is 0 Å². The van der Waals surface area contributed by atoms with E-state index in [4.69, 9.17) is 10.5 Å². The Morgan fingerprint density at radius 2 is 2.18 bits per heavy atom. The normalized spacial score (nSPS) is 26.5. The second-order valence-corrected chi connectivity index (χ2v) is 5.64. The average Bonchev–Trinajstić information content (AvgIpc) is 2.54. The molecule has 1 aliphatic heterocycles.